The van der Waals surface area contributed by atoms with Crippen LogP contribution in [0.5, 0.6) is 0 Å². The lowest BCUT2D eigenvalue weighted by molar-refractivity contribution is 0.541. The van der Waals surface area contributed by atoms with E-state index in [0.29, 0.717) is 16.3 Å². The Labute approximate surface area is 136 Å². The Morgan fingerprint density at radius 1 is 1.55 bits per heavy atom. The molecule has 0 aromatic carbocycles. The van der Waals surface area contributed by atoms with Gasteiger partial charge in [0.05, 0.1) is 11.9 Å². The van der Waals surface area contributed by atoms with Gasteiger partial charge in [0.15, 0.2) is 0 Å². The molecule has 112 valence electrons. The first-order valence-electron chi connectivity index (χ1n) is 6.91. The van der Waals surface area contributed by atoms with Crippen molar-refractivity contribution in [1.29, 1.82) is 0 Å². The molecule has 1 aromatic heterocycles. The number of hydrogen-bond donors (Lipinski definition) is 1. The zero-order valence-corrected chi connectivity index (χ0v) is 14.8. The van der Waals surface area contributed by atoms with Crippen LogP contribution in [-0.2, 0) is 6.54 Å². The number of nitrogens with one attached hydrogen (secondary N) is 1. The molecule has 0 aliphatic carbocycles. The number of aromatic nitrogens is 2. The Balaban J connectivity index is 1.97. The summed E-state index contributed by atoms with van der Waals surface area (Å²) in [6, 6.07) is 0. The number of unbranched alkanes of at least 4 members (excludes halogenated alkanes) is 1. The molecule has 0 saturated carbocycles. The Morgan fingerprint density at radius 2 is 2.40 bits per heavy atom. The van der Waals surface area contributed by atoms with Gasteiger partial charge < -0.3 is 5.32 Å². The van der Waals surface area contributed by atoms with Crippen LogP contribution in [0.3, 0.4) is 0 Å². The third kappa shape index (κ3) is 4.43. The monoisotopic (exact) mass is 377 g/mol. The zero-order valence-electron chi connectivity index (χ0n) is 11.6. The summed E-state index contributed by atoms with van der Waals surface area (Å²) in [5.74, 6) is 3.64. The molecule has 0 amide bonds. The van der Waals surface area contributed by atoms with Gasteiger partial charge in [-0.25, -0.2) is 4.68 Å². The van der Waals surface area contributed by atoms with Gasteiger partial charge in [0, 0.05) is 35.6 Å². The molecule has 2 heterocycles. The molecular formula is C13H20BrN3OS2. The second-order valence-corrected chi connectivity index (χ2v) is 8.05. The molecule has 0 radical (unpaired) electrons. The first kappa shape index (κ1) is 16.2. The van der Waals surface area contributed by atoms with Crippen LogP contribution in [0, 0.1) is 0 Å². The molecule has 20 heavy (non-hydrogen) atoms. The molecule has 1 aromatic rings. The number of aryl methyl sites for hydroxylation is 1. The van der Waals surface area contributed by atoms with Crippen LogP contribution < -0.4 is 10.9 Å². The van der Waals surface area contributed by atoms with E-state index in [9.17, 15) is 4.79 Å². The van der Waals surface area contributed by atoms with Crippen molar-refractivity contribution in [1.82, 2.24) is 9.78 Å². The number of halogens is 1. The van der Waals surface area contributed by atoms with E-state index in [1.807, 2.05) is 23.5 Å². The molecule has 0 bridgehead atoms. The summed E-state index contributed by atoms with van der Waals surface area (Å²) in [4.78, 5) is 12.2. The molecule has 1 atom stereocenters. The topological polar surface area (TPSA) is 46.9 Å². The lowest BCUT2D eigenvalue weighted by Gasteiger charge is -2.21. The van der Waals surface area contributed by atoms with Crippen LogP contribution in [0.25, 0.3) is 0 Å². The maximum Gasteiger partial charge on any atom is 0.283 e. The average Bonchev–Trinajstić information content (AvgIpc) is 2.49. The zero-order chi connectivity index (χ0) is 14.4. The van der Waals surface area contributed by atoms with Gasteiger partial charge in [-0.05, 0) is 22.4 Å². The Morgan fingerprint density at radius 3 is 3.10 bits per heavy atom. The molecule has 4 nitrogen and oxygen atoms in total. The molecule has 7 heteroatoms. The van der Waals surface area contributed by atoms with Crippen LogP contribution in [0.1, 0.15) is 19.8 Å². The van der Waals surface area contributed by atoms with Gasteiger partial charge >= 0.3 is 0 Å². The fourth-order valence-corrected chi connectivity index (χ4v) is 4.99. The first-order chi connectivity index (χ1) is 9.72. The highest BCUT2D eigenvalue weighted by Gasteiger charge is 2.15. The van der Waals surface area contributed by atoms with Crippen molar-refractivity contribution in [3.05, 3.63) is 21.0 Å². The number of anilines is 1. The number of thioether (sulfide) groups is 2. The van der Waals surface area contributed by atoms with Gasteiger partial charge in [0.2, 0.25) is 0 Å². The van der Waals surface area contributed by atoms with E-state index >= 15 is 0 Å². The van der Waals surface area contributed by atoms with Gasteiger partial charge in [-0.2, -0.15) is 28.6 Å². The quantitative estimate of drug-likeness (QED) is 0.825. The fraction of sp³-hybridized carbons (Fsp3) is 0.692. The van der Waals surface area contributed by atoms with Crippen molar-refractivity contribution < 1.29 is 0 Å². The van der Waals surface area contributed by atoms with Crippen molar-refractivity contribution in [2.45, 2.75) is 31.6 Å². The molecular weight excluding hydrogens is 358 g/mol. The molecule has 1 fully saturated rings. The van der Waals surface area contributed by atoms with Gasteiger partial charge in [0.25, 0.3) is 5.56 Å². The first-order valence-corrected chi connectivity index (χ1v) is 9.91. The van der Waals surface area contributed by atoms with Crippen molar-refractivity contribution in [3.63, 3.8) is 0 Å². The van der Waals surface area contributed by atoms with E-state index in [1.165, 1.54) is 21.9 Å². The molecule has 1 aliphatic heterocycles. The van der Waals surface area contributed by atoms with Crippen molar-refractivity contribution >= 4 is 45.1 Å². The Hall–Kier alpha value is -0.140. The van der Waals surface area contributed by atoms with E-state index in [4.69, 9.17) is 0 Å². The van der Waals surface area contributed by atoms with E-state index in [2.05, 4.69) is 33.3 Å². The number of rotatable bonds is 6. The minimum absolute atomic E-state index is 0.0471. The summed E-state index contributed by atoms with van der Waals surface area (Å²) in [7, 11) is 0. The molecule has 1 N–H and O–H groups in total. The third-order valence-corrected chi connectivity index (χ3v) is 6.72. The predicted molar refractivity (Wildman–Crippen MR) is 93.2 cm³/mol. The normalized spacial score (nSPS) is 19.0. The largest absolute Gasteiger partial charge is 0.382 e. The molecule has 1 unspecified atom stereocenters. The maximum absolute atomic E-state index is 12.2. The van der Waals surface area contributed by atoms with E-state index in [-0.39, 0.29) is 5.56 Å². The highest BCUT2D eigenvalue weighted by Crippen LogP contribution is 2.25. The van der Waals surface area contributed by atoms with Crippen molar-refractivity contribution in [2.24, 2.45) is 0 Å². The summed E-state index contributed by atoms with van der Waals surface area (Å²) in [6.45, 7) is 3.68. The van der Waals surface area contributed by atoms with E-state index in [1.54, 1.807) is 6.20 Å². The van der Waals surface area contributed by atoms with Crippen LogP contribution in [0.2, 0.25) is 0 Å². The van der Waals surface area contributed by atoms with Crippen molar-refractivity contribution in [3.8, 4) is 0 Å². The predicted octanol–water partition coefficient (Wildman–Crippen LogP) is 3.07. The average molecular weight is 378 g/mol. The third-order valence-electron chi connectivity index (χ3n) is 3.11. The Kier molecular flexibility index (Phi) is 6.77. The minimum Gasteiger partial charge on any atom is -0.382 e. The summed E-state index contributed by atoms with van der Waals surface area (Å²) >= 11 is 7.41. The highest BCUT2D eigenvalue weighted by molar-refractivity contribution is 9.10. The molecule has 1 aliphatic rings. The van der Waals surface area contributed by atoms with Crippen LogP contribution in [0.15, 0.2) is 15.5 Å². The van der Waals surface area contributed by atoms with E-state index < -0.39 is 0 Å². The smallest absolute Gasteiger partial charge is 0.283 e. The molecule has 2 rings (SSSR count). The van der Waals surface area contributed by atoms with Gasteiger partial charge in [0.1, 0.15) is 4.47 Å². The summed E-state index contributed by atoms with van der Waals surface area (Å²) < 4.78 is 2.13. The molecule has 0 spiro atoms. The Bertz CT molecular complexity index is 489. The van der Waals surface area contributed by atoms with Crippen molar-refractivity contribution in [2.75, 3.05) is 29.1 Å². The number of nitrogens with zero attached hydrogens (tertiary/aromatic N) is 2. The highest BCUT2D eigenvalue weighted by atomic mass is 79.9. The van der Waals surface area contributed by atoms with Crippen LogP contribution in [0.4, 0.5) is 5.69 Å². The summed E-state index contributed by atoms with van der Waals surface area (Å²) in [5, 5.41) is 8.20. The summed E-state index contributed by atoms with van der Waals surface area (Å²) in [5.41, 5.74) is 0.757. The summed E-state index contributed by atoms with van der Waals surface area (Å²) in [6.07, 6.45) is 3.78. The number of hydrogen-bond acceptors (Lipinski definition) is 5. The second kappa shape index (κ2) is 8.34. The van der Waals surface area contributed by atoms with Gasteiger partial charge in [-0.15, -0.1) is 0 Å². The lowest BCUT2D eigenvalue weighted by Crippen LogP contribution is -2.27. The van der Waals surface area contributed by atoms with Crippen LogP contribution in [-0.4, -0.2) is 38.8 Å². The van der Waals surface area contributed by atoms with Gasteiger partial charge in [-0.3, -0.25) is 4.79 Å². The maximum atomic E-state index is 12.2. The molecule has 1 saturated heterocycles. The fourth-order valence-electron chi connectivity index (χ4n) is 1.93. The van der Waals surface area contributed by atoms with Gasteiger partial charge in [-0.1, -0.05) is 13.3 Å². The van der Waals surface area contributed by atoms with E-state index in [0.717, 1.165) is 25.1 Å². The standard InChI is InChI=1S/C13H20BrN3OS2/c1-2-3-4-17-13(18)12(14)11(8-16-17)15-7-10-9-19-5-6-20-10/h8,10,15H,2-7,9H2,1H3. The SMILES string of the molecule is CCCCn1ncc(NCC2CSCCS2)c(Br)c1=O. The van der Waals surface area contributed by atoms with Crippen LogP contribution >= 0.6 is 39.5 Å². The second-order valence-electron chi connectivity index (χ2n) is 4.70. The minimum atomic E-state index is -0.0471. The lowest BCUT2D eigenvalue weighted by atomic mass is 10.3.